The summed E-state index contributed by atoms with van der Waals surface area (Å²) >= 11 is 0. The fourth-order valence-electron chi connectivity index (χ4n) is 1.88. The van der Waals surface area contributed by atoms with Gasteiger partial charge in [0, 0.05) is 9.90 Å². The fraction of sp³-hybridized carbons (Fsp3) is 0.462. The molecule has 0 saturated heterocycles. The Morgan fingerprint density at radius 2 is 2.15 bits per heavy atom. The maximum Gasteiger partial charge on any atom is 0.312 e. The van der Waals surface area contributed by atoms with E-state index in [4.69, 9.17) is 11.1 Å². The summed E-state index contributed by atoms with van der Waals surface area (Å²) in [5.74, 6) is 0.288. The second kappa shape index (κ2) is 8.03. The minimum atomic E-state index is -0.585. The van der Waals surface area contributed by atoms with E-state index in [9.17, 15) is 4.79 Å². The summed E-state index contributed by atoms with van der Waals surface area (Å²) in [6.45, 7) is 6.10. The summed E-state index contributed by atoms with van der Waals surface area (Å²) in [7, 11) is 1.82. The molecule has 0 fully saturated rings. The van der Waals surface area contributed by atoms with Crippen molar-refractivity contribution in [1.82, 2.24) is 10.3 Å². The van der Waals surface area contributed by atoms with Crippen LogP contribution in [0.5, 0.6) is 0 Å². The number of nitrogens with two attached hydrogens (primary N) is 1. The first kappa shape index (κ1) is 18.6. The predicted octanol–water partition coefficient (Wildman–Crippen LogP) is 2.91. The third-order valence-corrected chi connectivity index (χ3v) is 2.77. The molecule has 1 heterocycles. The molecule has 1 rings (SSSR count). The number of carbonyl (C=O) groups is 1. The third-order valence-electron chi connectivity index (χ3n) is 2.77. The van der Waals surface area contributed by atoms with Gasteiger partial charge in [-0.05, 0) is 24.5 Å². The highest BCUT2D eigenvalue weighted by Gasteiger charge is 2.15. The number of hydrogen-bond donors (Lipinski definition) is 4. The van der Waals surface area contributed by atoms with E-state index < -0.39 is 6.03 Å². The molecule has 0 aromatic carbocycles. The number of urea groups is 1. The fourth-order valence-corrected chi connectivity index (χ4v) is 1.88. The number of hydrogen-bond acceptors (Lipinski definition) is 4. The molecule has 0 atom stereocenters. The van der Waals surface area contributed by atoms with Gasteiger partial charge < -0.3 is 21.8 Å². The van der Waals surface area contributed by atoms with Crippen LogP contribution in [-0.4, -0.2) is 23.8 Å². The first-order valence-corrected chi connectivity index (χ1v) is 6.17. The van der Waals surface area contributed by atoms with Crippen molar-refractivity contribution in [3.05, 3.63) is 23.0 Å². The molecule has 7 heteroatoms. The number of primary amides is 1. The van der Waals surface area contributed by atoms with Crippen LogP contribution < -0.4 is 16.4 Å². The van der Waals surface area contributed by atoms with Crippen LogP contribution in [0.15, 0.2) is 6.07 Å². The van der Waals surface area contributed by atoms with E-state index in [0.717, 1.165) is 11.3 Å². The highest BCUT2D eigenvalue weighted by molar-refractivity contribution is 14.0. The van der Waals surface area contributed by atoms with Crippen LogP contribution >= 0.6 is 24.0 Å². The number of pyridine rings is 1. The maximum atomic E-state index is 10.8. The smallest absolute Gasteiger partial charge is 0.312 e. The van der Waals surface area contributed by atoms with Gasteiger partial charge in [-0.3, -0.25) is 0 Å². The van der Waals surface area contributed by atoms with E-state index in [1.807, 2.05) is 13.1 Å². The molecular weight excluding hydrogens is 369 g/mol. The first-order valence-electron chi connectivity index (χ1n) is 6.17. The summed E-state index contributed by atoms with van der Waals surface area (Å²) < 4.78 is 0. The van der Waals surface area contributed by atoms with Crippen molar-refractivity contribution in [2.75, 3.05) is 12.4 Å². The minimum absolute atomic E-state index is 0. The van der Waals surface area contributed by atoms with Crippen LogP contribution in [0.25, 0.3) is 0 Å². The molecule has 0 bridgehead atoms. The minimum Gasteiger partial charge on any atom is -0.386 e. The van der Waals surface area contributed by atoms with E-state index in [0.29, 0.717) is 17.1 Å². The van der Waals surface area contributed by atoms with Crippen molar-refractivity contribution in [3.63, 3.8) is 0 Å². The Morgan fingerprint density at radius 3 is 2.55 bits per heavy atom. The number of halogens is 1. The van der Waals surface area contributed by atoms with Crippen LogP contribution in [-0.2, 0) is 6.54 Å². The summed E-state index contributed by atoms with van der Waals surface area (Å²) in [6.07, 6.45) is 0. The van der Waals surface area contributed by atoms with Gasteiger partial charge in [-0.15, -0.1) is 24.0 Å². The number of amides is 2. The lowest BCUT2D eigenvalue weighted by molar-refractivity contribution is 0.248. The first-order chi connectivity index (χ1) is 8.86. The van der Waals surface area contributed by atoms with Gasteiger partial charge in [-0.25, -0.2) is 9.78 Å². The zero-order valence-electron chi connectivity index (χ0n) is 12.2. The van der Waals surface area contributed by atoms with E-state index in [-0.39, 0.29) is 39.3 Å². The van der Waals surface area contributed by atoms with Crippen molar-refractivity contribution in [1.29, 1.82) is 5.41 Å². The van der Waals surface area contributed by atoms with E-state index in [1.54, 1.807) is 6.92 Å². The highest BCUT2D eigenvalue weighted by Crippen LogP contribution is 2.27. The molecule has 1 aromatic rings. The van der Waals surface area contributed by atoms with Gasteiger partial charge in [0.15, 0.2) is 0 Å². The lowest BCUT2D eigenvalue weighted by atomic mass is 9.98. The molecule has 0 unspecified atom stereocenters. The number of carbonyl (C=O) groups excluding carboxylic acids is 1. The van der Waals surface area contributed by atoms with Crippen molar-refractivity contribution in [2.45, 2.75) is 33.2 Å². The summed E-state index contributed by atoms with van der Waals surface area (Å²) in [5, 5.41) is 13.4. The van der Waals surface area contributed by atoms with Crippen molar-refractivity contribution >= 4 is 41.4 Å². The maximum absolute atomic E-state index is 10.8. The molecular formula is C13H26IN5O. The summed E-state index contributed by atoms with van der Waals surface area (Å²) in [6, 6.07) is 1.34. The van der Waals surface area contributed by atoms with Crippen LogP contribution in [0, 0.1) is 5.41 Å². The van der Waals surface area contributed by atoms with E-state index in [1.165, 1.54) is 0 Å². The van der Waals surface area contributed by atoms with Crippen LogP contribution in [0.1, 0.15) is 46.5 Å². The Morgan fingerprint density at radius 1 is 1.55 bits per heavy atom. The Bertz CT molecular complexity index is 511. The molecule has 0 aliphatic heterocycles. The largest absolute Gasteiger partial charge is 0.386 e. The zero-order valence-corrected chi connectivity index (χ0v) is 14.5. The van der Waals surface area contributed by atoms with Gasteiger partial charge in [0.1, 0.15) is 5.69 Å². The average Bonchev–Trinajstić information content (AvgIpc) is 2.34. The monoisotopic (exact) mass is 395 g/mol. The van der Waals surface area contributed by atoms with Gasteiger partial charge >= 0.3 is 6.03 Å². The van der Waals surface area contributed by atoms with Crippen molar-refractivity contribution < 1.29 is 7.65 Å². The molecule has 0 radical (unpaired) electrons. The van der Waals surface area contributed by atoms with Crippen LogP contribution in [0.3, 0.4) is 0 Å². The number of aromatic nitrogens is 1. The van der Waals surface area contributed by atoms with Gasteiger partial charge in [-0.2, -0.15) is 0 Å². The quantitative estimate of drug-likeness (QED) is 0.455. The van der Waals surface area contributed by atoms with Gasteiger partial charge in [0.25, 0.3) is 0 Å². The standard InChI is InChI=1S/C13H21N5O.HI.2H2/c1-7(2)10-5-9(6-17-13(15)19)18-11(8(3)14)12(10)16-4;;;/h5,7,14,16H,6H2,1-4H3,(H3,15,17,19);3*1H. The predicted molar refractivity (Wildman–Crippen MR) is 96.4 cm³/mol. The Hall–Kier alpha value is -1.38. The molecule has 0 saturated carbocycles. The number of rotatable bonds is 5. The SMILES string of the molecule is CNc1c(C(C)C)cc(CNC(N)=O)nc1C(C)=N.I.[HH].[HH]. The lowest BCUT2D eigenvalue weighted by Gasteiger charge is -2.18. The zero-order chi connectivity index (χ0) is 14.6. The van der Waals surface area contributed by atoms with E-state index >= 15 is 0 Å². The van der Waals surface area contributed by atoms with Crippen molar-refractivity contribution in [3.8, 4) is 0 Å². The van der Waals surface area contributed by atoms with Crippen molar-refractivity contribution in [2.24, 2.45) is 5.73 Å². The number of anilines is 1. The highest BCUT2D eigenvalue weighted by atomic mass is 127. The molecule has 2 amide bonds. The Labute approximate surface area is 139 Å². The normalized spacial score (nSPS) is 9.85. The molecule has 0 aliphatic carbocycles. The van der Waals surface area contributed by atoms with Gasteiger partial charge in [0.2, 0.25) is 0 Å². The number of nitrogens with zero attached hydrogens (tertiary/aromatic N) is 1. The molecule has 0 spiro atoms. The second-order valence-electron chi connectivity index (χ2n) is 4.67. The third kappa shape index (κ3) is 4.62. The Balaban J connectivity index is -0.00000120. The average molecular weight is 395 g/mol. The molecule has 1 aromatic heterocycles. The summed E-state index contributed by atoms with van der Waals surface area (Å²) in [5.41, 5.74) is 8.68. The van der Waals surface area contributed by atoms with Gasteiger partial charge in [-0.1, -0.05) is 13.8 Å². The molecule has 0 aliphatic rings. The van der Waals surface area contributed by atoms with Crippen LogP contribution in [0.2, 0.25) is 0 Å². The molecule has 20 heavy (non-hydrogen) atoms. The number of nitrogens with one attached hydrogen (secondary N) is 3. The van der Waals surface area contributed by atoms with Crippen LogP contribution in [0.4, 0.5) is 10.5 Å². The lowest BCUT2D eigenvalue weighted by Crippen LogP contribution is -2.29. The topological polar surface area (TPSA) is 104 Å². The van der Waals surface area contributed by atoms with E-state index in [2.05, 4.69) is 29.5 Å². The summed E-state index contributed by atoms with van der Waals surface area (Å²) in [4.78, 5) is 15.2. The molecule has 5 N–H and O–H groups in total. The molecule has 6 nitrogen and oxygen atoms in total. The van der Waals surface area contributed by atoms with Gasteiger partial charge in [0.05, 0.1) is 23.6 Å². The Kier molecular flexibility index (Phi) is 7.48. The second-order valence-corrected chi connectivity index (χ2v) is 4.67. The molecule has 116 valence electrons.